The van der Waals surface area contributed by atoms with Crippen molar-refractivity contribution in [2.24, 2.45) is 0 Å². The van der Waals surface area contributed by atoms with E-state index in [0.29, 0.717) is 12.4 Å². The molecule has 22 heavy (non-hydrogen) atoms. The quantitative estimate of drug-likeness (QED) is 0.884. The highest BCUT2D eigenvalue weighted by Gasteiger charge is 2.08. The van der Waals surface area contributed by atoms with Crippen LogP contribution in [0.25, 0.3) is 0 Å². The number of hydrogen-bond donors (Lipinski definition) is 1. The van der Waals surface area contributed by atoms with Crippen molar-refractivity contribution in [3.05, 3.63) is 53.6 Å². The number of benzene rings is 2. The minimum atomic E-state index is -0.181. The number of para-hydroxylation sites is 1. The first-order valence-electron chi connectivity index (χ1n) is 7.32. The standard InChI is InChI=1S/C18H21NO3/c1-4-21-15-9-6-10-16(11-15)22-12-17(20)19-18-13(2)7-5-8-14(18)3/h5-11H,4,12H2,1-3H3,(H,19,20). The Morgan fingerprint density at radius 1 is 1.00 bits per heavy atom. The summed E-state index contributed by atoms with van der Waals surface area (Å²) in [6.45, 7) is 6.41. The molecule has 0 aliphatic rings. The van der Waals surface area contributed by atoms with Crippen molar-refractivity contribution in [2.75, 3.05) is 18.5 Å². The lowest BCUT2D eigenvalue weighted by molar-refractivity contribution is -0.118. The second-order valence-electron chi connectivity index (χ2n) is 5.01. The van der Waals surface area contributed by atoms with Crippen molar-refractivity contribution in [1.82, 2.24) is 0 Å². The van der Waals surface area contributed by atoms with Crippen molar-refractivity contribution in [1.29, 1.82) is 0 Å². The van der Waals surface area contributed by atoms with Gasteiger partial charge in [-0.25, -0.2) is 0 Å². The van der Waals surface area contributed by atoms with Gasteiger partial charge in [-0.05, 0) is 44.0 Å². The van der Waals surface area contributed by atoms with Gasteiger partial charge in [-0.3, -0.25) is 4.79 Å². The van der Waals surface area contributed by atoms with Crippen LogP contribution in [0.2, 0.25) is 0 Å². The number of hydrogen-bond acceptors (Lipinski definition) is 3. The second kappa shape index (κ2) is 7.50. The fraction of sp³-hybridized carbons (Fsp3) is 0.278. The molecule has 0 atom stereocenters. The van der Waals surface area contributed by atoms with Gasteiger partial charge in [0.05, 0.1) is 6.61 Å². The second-order valence-corrected chi connectivity index (χ2v) is 5.01. The Hall–Kier alpha value is -2.49. The molecule has 0 aliphatic carbocycles. The molecule has 0 unspecified atom stereocenters. The van der Waals surface area contributed by atoms with Crippen molar-refractivity contribution in [2.45, 2.75) is 20.8 Å². The first kappa shape index (κ1) is 15.9. The molecule has 4 nitrogen and oxygen atoms in total. The monoisotopic (exact) mass is 299 g/mol. The zero-order valence-electron chi connectivity index (χ0n) is 13.2. The number of nitrogens with one attached hydrogen (secondary N) is 1. The molecule has 0 aromatic heterocycles. The van der Waals surface area contributed by atoms with Crippen molar-refractivity contribution in [3.63, 3.8) is 0 Å². The summed E-state index contributed by atoms with van der Waals surface area (Å²) in [7, 11) is 0. The zero-order chi connectivity index (χ0) is 15.9. The van der Waals surface area contributed by atoms with Gasteiger partial charge in [0, 0.05) is 11.8 Å². The van der Waals surface area contributed by atoms with Crippen molar-refractivity contribution >= 4 is 11.6 Å². The van der Waals surface area contributed by atoms with Crippen LogP contribution in [-0.2, 0) is 4.79 Å². The van der Waals surface area contributed by atoms with Crippen LogP contribution in [0.1, 0.15) is 18.1 Å². The molecule has 0 saturated carbocycles. The Morgan fingerprint density at radius 2 is 1.59 bits per heavy atom. The molecule has 116 valence electrons. The van der Waals surface area contributed by atoms with Gasteiger partial charge in [0.1, 0.15) is 11.5 Å². The number of rotatable bonds is 6. The summed E-state index contributed by atoms with van der Waals surface area (Å²) in [6, 6.07) is 13.2. The Balaban J connectivity index is 1.94. The third-order valence-electron chi connectivity index (χ3n) is 3.23. The maximum Gasteiger partial charge on any atom is 0.262 e. The molecule has 0 spiro atoms. The summed E-state index contributed by atoms with van der Waals surface area (Å²) in [4.78, 5) is 12.0. The Labute approximate surface area is 131 Å². The summed E-state index contributed by atoms with van der Waals surface area (Å²) < 4.78 is 10.9. The van der Waals surface area contributed by atoms with Crippen LogP contribution in [0.4, 0.5) is 5.69 Å². The first-order valence-corrected chi connectivity index (χ1v) is 7.32. The number of aryl methyl sites for hydroxylation is 2. The van der Waals surface area contributed by atoms with E-state index in [2.05, 4.69) is 5.32 Å². The molecule has 0 aliphatic heterocycles. The van der Waals surface area contributed by atoms with Crippen LogP contribution in [0, 0.1) is 13.8 Å². The van der Waals surface area contributed by atoms with E-state index in [1.165, 1.54) is 0 Å². The minimum Gasteiger partial charge on any atom is -0.494 e. The summed E-state index contributed by atoms with van der Waals surface area (Å²) in [5, 5.41) is 2.89. The van der Waals surface area contributed by atoms with Gasteiger partial charge in [-0.1, -0.05) is 24.3 Å². The number of ether oxygens (including phenoxy) is 2. The molecule has 0 radical (unpaired) electrons. The first-order chi connectivity index (χ1) is 10.6. The zero-order valence-corrected chi connectivity index (χ0v) is 13.2. The SMILES string of the molecule is CCOc1cccc(OCC(=O)Nc2c(C)cccc2C)c1. The van der Waals surface area contributed by atoms with E-state index in [1.807, 2.05) is 51.1 Å². The Morgan fingerprint density at radius 3 is 2.23 bits per heavy atom. The fourth-order valence-corrected chi connectivity index (χ4v) is 2.16. The van der Waals surface area contributed by atoms with Crippen LogP contribution in [0.15, 0.2) is 42.5 Å². The molecule has 1 amide bonds. The minimum absolute atomic E-state index is 0.0383. The van der Waals surface area contributed by atoms with Gasteiger partial charge in [0.25, 0.3) is 5.91 Å². The van der Waals surface area contributed by atoms with Crippen molar-refractivity contribution < 1.29 is 14.3 Å². The van der Waals surface area contributed by atoms with Crippen LogP contribution in [0.3, 0.4) is 0 Å². The predicted octanol–water partition coefficient (Wildman–Crippen LogP) is 3.72. The van der Waals surface area contributed by atoms with Gasteiger partial charge in [-0.2, -0.15) is 0 Å². The van der Waals surface area contributed by atoms with E-state index in [9.17, 15) is 4.79 Å². The average Bonchev–Trinajstić information content (AvgIpc) is 2.50. The molecule has 4 heteroatoms. The van der Waals surface area contributed by atoms with Crippen LogP contribution in [0.5, 0.6) is 11.5 Å². The highest BCUT2D eigenvalue weighted by atomic mass is 16.5. The van der Waals surface area contributed by atoms with Gasteiger partial charge < -0.3 is 14.8 Å². The molecule has 0 fully saturated rings. The number of carbonyl (C=O) groups is 1. The van der Waals surface area contributed by atoms with E-state index in [0.717, 1.165) is 22.6 Å². The van der Waals surface area contributed by atoms with Gasteiger partial charge in [-0.15, -0.1) is 0 Å². The van der Waals surface area contributed by atoms with E-state index >= 15 is 0 Å². The van der Waals surface area contributed by atoms with E-state index in [4.69, 9.17) is 9.47 Å². The van der Waals surface area contributed by atoms with Crippen molar-refractivity contribution in [3.8, 4) is 11.5 Å². The lowest BCUT2D eigenvalue weighted by atomic mass is 10.1. The van der Waals surface area contributed by atoms with E-state index in [1.54, 1.807) is 12.1 Å². The lowest BCUT2D eigenvalue weighted by Gasteiger charge is -2.12. The molecule has 2 aromatic carbocycles. The average molecular weight is 299 g/mol. The molecule has 2 rings (SSSR count). The topological polar surface area (TPSA) is 47.6 Å². The summed E-state index contributed by atoms with van der Waals surface area (Å²) in [5.74, 6) is 1.16. The maximum atomic E-state index is 12.0. The molecule has 2 aromatic rings. The van der Waals surface area contributed by atoms with Gasteiger partial charge >= 0.3 is 0 Å². The smallest absolute Gasteiger partial charge is 0.262 e. The number of anilines is 1. The van der Waals surface area contributed by atoms with Gasteiger partial charge in [0.2, 0.25) is 0 Å². The largest absolute Gasteiger partial charge is 0.494 e. The summed E-state index contributed by atoms with van der Waals surface area (Å²) in [6.07, 6.45) is 0. The Kier molecular flexibility index (Phi) is 5.42. The normalized spacial score (nSPS) is 10.1. The molecular weight excluding hydrogens is 278 g/mol. The molecular formula is C18H21NO3. The highest BCUT2D eigenvalue weighted by molar-refractivity contribution is 5.93. The van der Waals surface area contributed by atoms with E-state index in [-0.39, 0.29) is 12.5 Å². The maximum absolute atomic E-state index is 12.0. The summed E-state index contributed by atoms with van der Waals surface area (Å²) >= 11 is 0. The molecule has 1 N–H and O–H groups in total. The molecule has 0 heterocycles. The molecule has 0 saturated heterocycles. The third kappa shape index (κ3) is 4.25. The van der Waals surface area contributed by atoms with Crippen LogP contribution in [-0.4, -0.2) is 19.1 Å². The lowest BCUT2D eigenvalue weighted by Crippen LogP contribution is -2.21. The predicted molar refractivity (Wildman–Crippen MR) is 87.7 cm³/mol. The van der Waals surface area contributed by atoms with Crippen LogP contribution < -0.4 is 14.8 Å². The number of amides is 1. The number of carbonyl (C=O) groups excluding carboxylic acids is 1. The van der Waals surface area contributed by atoms with Crippen LogP contribution >= 0.6 is 0 Å². The molecule has 0 bridgehead atoms. The van der Waals surface area contributed by atoms with Gasteiger partial charge in [0.15, 0.2) is 6.61 Å². The fourth-order valence-electron chi connectivity index (χ4n) is 2.16. The van der Waals surface area contributed by atoms with E-state index < -0.39 is 0 Å². The third-order valence-corrected chi connectivity index (χ3v) is 3.23. The Bertz CT molecular complexity index is 632. The highest BCUT2D eigenvalue weighted by Crippen LogP contribution is 2.21. The summed E-state index contributed by atoms with van der Waals surface area (Å²) in [5.41, 5.74) is 2.91.